The van der Waals surface area contributed by atoms with E-state index in [1.54, 1.807) is 6.08 Å². The van der Waals surface area contributed by atoms with Crippen LogP contribution in [0, 0.1) is 0 Å². The Morgan fingerprint density at radius 1 is 1.19 bits per heavy atom. The van der Waals surface area contributed by atoms with E-state index in [0.717, 1.165) is 39.2 Å². The van der Waals surface area contributed by atoms with Gasteiger partial charge in [0.2, 0.25) is 0 Å². The summed E-state index contributed by atoms with van der Waals surface area (Å²) >= 11 is 6.28. The highest BCUT2D eigenvalue weighted by Gasteiger charge is 2.39. The lowest BCUT2D eigenvalue weighted by Gasteiger charge is -2.27. The van der Waals surface area contributed by atoms with Crippen LogP contribution in [0.25, 0.3) is 0 Å². The molecule has 0 aliphatic carbocycles. The van der Waals surface area contributed by atoms with Gasteiger partial charge >= 0.3 is 5.97 Å². The largest absolute Gasteiger partial charge is 0.480 e. The summed E-state index contributed by atoms with van der Waals surface area (Å²) in [6.45, 7) is 6.36. The summed E-state index contributed by atoms with van der Waals surface area (Å²) < 4.78 is 31.5. The van der Waals surface area contributed by atoms with Crippen molar-refractivity contribution >= 4 is 56.0 Å². The number of aliphatic carboxylic acids is 1. The Morgan fingerprint density at radius 2 is 1.89 bits per heavy atom. The lowest BCUT2D eigenvalue weighted by atomic mass is 9.83. The third-order valence-electron chi connectivity index (χ3n) is 6.18. The number of rotatable bonds is 10. The van der Waals surface area contributed by atoms with Crippen molar-refractivity contribution in [3.8, 4) is 0 Å². The fourth-order valence-electron chi connectivity index (χ4n) is 4.33. The molecule has 0 unspecified atom stereocenters. The van der Waals surface area contributed by atoms with Crippen molar-refractivity contribution < 1.29 is 27.7 Å². The first kappa shape index (κ1) is 28.1. The molecule has 36 heavy (non-hydrogen) atoms. The number of nitrogens with zero attached hydrogens (tertiary/aromatic N) is 2. The molecule has 0 bridgehead atoms. The van der Waals surface area contributed by atoms with E-state index in [4.69, 9.17) is 21.9 Å². The van der Waals surface area contributed by atoms with Crippen LogP contribution >= 0.6 is 24.0 Å². The minimum atomic E-state index is -4.00. The summed E-state index contributed by atoms with van der Waals surface area (Å²) in [7, 11) is -4.00. The number of thiocarbonyl (C=S) groups is 1. The summed E-state index contributed by atoms with van der Waals surface area (Å²) in [5, 5.41) is 9.05. The summed E-state index contributed by atoms with van der Waals surface area (Å²) in [6.07, 6.45) is 7.31. The van der Waals surface area contributed by atoms with Crippen molar-refractivity contribution in [2.75, 3.05) is 23.7 Å². The van der Waals surface area contributed by atoms with Gasteiger partial charge in [0.15, 0.2) is 0 Å². The number of carboxylic acids is 1. The molecule has 0 spiro atoms. The Bertz CT molecular complexity index is 1260. The number of para-hydroxylation sites is 1. The van der Waals surface area contributed by atoms with Gasteiger partial charge in [0.25, 0.3) is 16.0 Å². The first-order chi connectivity index (χ1) is 16.8. The molecule has 1 amide bonds. The van der Waals surface area contributed by atoms with Crippen LogP contribution in [-0.2, 0) is 25.1 Å². The second-order valence-corrected chi connectivity index (χ2v) is 12.3. The molecular weight excluding hydrogens is 520 g/mol. The molecule has 2 aliphatic heterocycles. The maximum atomic E-state index is 12.7. The number of hydrogen-bond acceptors (Lipinski definition) is 7. The molecule has 1 aromatic rings. The first-order valence-corrected chi connectivity index (χ1v) is 14.4. The van der Waals surface area contributed by atoms with Gasteiger partial charge in [0.05, 0.1) is 10.7 Å². The minimum absolute atomic E-state index is 0.228. The van der Waals surface area contributed by atoms with Gasteiger partial charge in [-0.2, -0.15) is 8.42 Å². The Labute approximate surface area is 221 Å². The van der Waals surface area contributed by atoms with E-state index in [-0.39, 0.29) is 15.5 Å². The van der Waals surface area contributed by atoms with E-state index in [9.17, 15) is 18.0 Å². The van der Waals surface area contributed by atoms with Crippen molar-refractivity contribution in [1.82, 2.24) is 4.90 Å². The third kappa shape index (κ3) is 6.44. The van der Waals surface area contributed by atoms with Crippen molar-refractivity contribution in [3.63, 3.8) is 0 Å². The van der Waals surface area contributed by atoms with Crippen molar-refractivity contribution in [1.29, 1.82) is 0 Å². The van der Waals surface area contributed by atoms with Gasteiger partial charge in [-0.1, -0.05) is 69.0 Å². The molecular formula is C25H30N2O6S3. The zero-order valence-corrected chi connectivity index (χ0v) is 22.9. The molecule has 8 nitrogen and oxygen atoms in total. The molecule has 0 saturated carbocycles. The van der Waals surface area contributed by atoms with Gasteiger partial charge < -0.3 is 10.0 Å². The number of carboxylic acid groups (broad SMARTS) is 1. The predicted octanol–water partition coefficient (Wildman–Crippen LogP) is 4.50. The van der Waals surface area contributed by atoms with Crippen LogP contribution in [-0.4, -0.2) is 58.0 Å². The van der Waals surface area contributed by atoms with Crippen molar-refractivity contribution in [2.24, 2.45) is 0 Å². The van der Waals surface area contributed by atoms with Crippen LogP contribution in [0.3, 0.4) is 0 Å². The average Bonchev–Trinajstić information content (AvgIpc) is 3.17. The number of allylic oxidation sites excluding steroid dienone is 5. The molecule has 194 valence electrons. The third-order valence-corrected chi connectivity index (χ3v) is 8.36. The van der Waals surface area contributed by atoms with Crippen LogP contribution in [0.15, 0.2) is 58.7 Å². The second kappa shape index (κ2) is 11.3. The molecule has 0 radical (unpaired) electrons. The zero-order chi connectivity index (χ0) is 26.7. The van der Waals surface area contributed by atoms with E-state index in [1.165, 1.54) is 0 Å². The van der Waals surface area contributed by atoms with E-state index in [0.29, 0.717) is 30.7 Å². The smallest absolute Gasteiger partial charge is 0.323 e. The molecule has 0 atom stereocenters. The van der Waals surface area contributed by atoms with Gasteiger partial charge in [-0.25, -0.2) is 0 Å². The van der Waals surface area contributed by atoms with Crippen LogP contribution in [0.1, 0.15) is 45.6 Å². The van der Waals surface area contributed by atoms with Crippen LogP contribution in [0.5, 0.6) is 0 Å². The lowest BCUT2D eigenvalue weighted by molar-refractivity contribution is -0.140. The van der Waals surface area contributed by atoms with E-state index >= 15 is 0 Å². The highest BCUT2D eigenvalue weighted by Crippen LogP contribution is 2.47. The minimum Gasteiger partial charge on any atom is -0.480 e. The Kier molecular flexibility index (Phi) is 8.81. The van der Waals surface area contributed by atoms with Gasteiger partial charge in [-0.15, -0.1) is 0 Å². The standard InChI is InChI=1S/C25H30N2O6S3/c1-4-17(15-20-23(30)27(16-22(28)29)24(34)35-20)11-12-21-25(2,3)18-9-5-6-10-19(18)26(21)13-7-8-14-36(31,32)33/h5-6,9-12,15H,4,7-8,13-14,16H2,1-3H3,(H,28,29)(H,31,32,33). The Hall–Kier alpha value is -2.47. The number of fused-ring (bicyclic) bond motifs is 1. The monoisotopic (exact) mass is 550 g/mol. The van der Waals surface area contributed by atoms with Gasteiger partial charge in [0.1, 0.15) is 10.9 Å². The Morgan fingerprint density at radius 3 is 2.53 bits per heavy atom. The number of unbranched alkanes of at least 4 members (excludes halogenated alkanes) is 1. The number of carbonyl (C=O) groups excluding carboxylic acids is 1. The molecule has 3 rings (SSSR count). The van der Waals surface area contributed by atoms with Gasteiger partial charge in [-0.3, -0.25) is 19.0 Å². The van der Waals surface area contributed by atoms with Crippen molar-refractivity contribution in [2.45, 2.75) is 45.4 Å². The van der Waals surface area contributed by atoms with Crippen LogP contribution in [0.2, 0.25) is 0 Å². The quantitative estimate of drug-likeness (QED) is 0.188. The fraction of sp³-hybridized carbons (Fsp3) is 0.400. The number of anilines is 1. The molecule has 2 heterocycles. The van der Waals surface area contributed by atoms with Gasteiger partial charge in [0, 0.05) is 23.3 Å². The molecule has 1 aromatic carbocycles. The van der Waals surface area contributed by atoms with Crippen LogP contribution in [0.4, 0.5) is 5.69 Å². The summed E-state index contributed by atoms with van der Waals surface area (Å²) in [4.78, 5) is 27.4. The molecule has 2 N–H and O–H groups in total. The molecule has 2 aliphatic rings. The van der Waals surface area contributed by atoms with E-state index in [2.05, 4.69) is 24.8 Å². The predicted molar refractivity (Wildman–Crippen MR) is 147 cm³/mol. The average molecular weight is 551 g/mol. The lowest BCUT2D eigenvalue weighted by Crippen LogP contribution is -2.33. The second-order valence-electron chi connectivity index (χ2n) is 9.10. The highest BCUT2D eigenvalue weighted by molar-refractivity contribution is 8.26. The van der Waals surface area contributed by atoms with Crippen LogP contribution < -0.4 is 4.90 Å². The zero-order valence-electron chi connectivity index (χ0n) is 20.4. The topological polar surface area (TPSA) is 115 Å². The number of benzene rings is 1. The normalized spacial score (nSPS) is 20.1. The molecule has 1 saturated heterocycles. The molecule has 11 heteroatoms. The summed E-state index contributed by atoms with van der Waals surface area (Å²) in [5.74, 6) is -1.80. The SMILES string of the molecule is CCC(=CC=C1N(CCCCS(=O)(=O)O)c2ccccc2C1(C)C)C=C1SC(=S)N(CC(=O)O)C1=O. The number of hydrogen-bond donors (Lipinski definition) is 2. The van der Waals surface area contributed by atoms with E-state index < -0.39 is 28.5 Å². The fourth-order valence-corrected chi connectivity index (χ4v) is 6.17. The molecule has 1 fully saturated rings. The number of thioether (sulfide) groups is 1. The number of amides is 1. The summed E-state index contributed by atoms with van der Waals surface area (Å²) in [6, 6.07) is 8.08. The Balaban J connectivity index is 1.90. The number of carbonyl (C=O) groups is 2. The van der Waals surface area contributed by atoms with E-state index in [1.807, 2.05) is 37.3 Å². The summed E-state index contributed by atoms with van der Waals surface area (Å²) in [5.41, 5.74) is 3.83. The van der Waals surface area contributed by atoms with Gasteiger partial charge in [-0.05, 0) is 48.6 Å². The maximum Gasteiger partial charge on any atom is 0.323 e. The van der Waals surface area contributed by atoms with Crippen molar-refractivity contribution in [3.05, 3.63) is 64.2 Å². The molecule has 0 aromatic heterocycles. The highest BCUT2D eigenvalue weighted by atomic mass is 32.2. The first-order valence-electron chi connectivity index (χ1n) is 11.6. The maximum absolute atomic E-state index is 12.7.